The van der Waals surface area contributed by atoms with Crippen molar-refractivity contribution in [2.45, 2.75) is 32.2 Å². The van der Waals surface area contributed by atoms with Crippen LogP contribution in [0.4, 0.5) is 10.5 Å². The van der Waals surface area contributed by atoms with Crippen molar-refractivity contribution in [3.8, 4) is 0 Å². The van der Waals surface area contributed by atoms with E-state index >= 15 is 0 Å². The fourth-order valence-corrected chi connectivity index (χ4v) is 2.94. The summed E-state index contributed by atoms with van der Waals surface area (Å²) in [6.07, 6.45) is 4.09. The van der Waals surface area contributed by atoms with Gasteiger partial charge in [0.1, 0.15) is 11.6 Å². The first-order valence-electron chi connectivity index (χ1n) is 7.95. The van der Waals surface area contributed by atoms with Crippen molar-refractivity contribution in [3.63, 3.8) is 0 Å². The number of carbonyl (C=O) groups excluding carboxylic acids is 3. The van der Waals surface area contributed by atoms with Gasteiger partial charge in [-0.25, -0.2) is 14.7 Å². The van der Waals surface area contributed by atoms with Gasteiger partial charge in [-0.05, 0) is 44.5 Å². The molecule has 0 fully saturated rings. The molecular formula is C18H17ClN4O3. The maximum Gasteiger partial charge on any atom is 0.329 e. The number of ketones is 1. The molecule has 1 aromatic carbocycles. The molecule has 2 heterocycles. The number of anilines is 1. The lowest BCUT2D eigenvalue weighted by Crippen LogP contribution is -2.50. The summed E-state index contributed by atoms with van der Waals surface area (Å²) in [6, 6.07) is 4.06. The molecule has 0 saturated heterocycles. The molecule has 1 aliphatic heterocycles. The van der Waals surface area contributed by atoms with Gasteiger partial charge in [0.05, 0.1) is 11.9 Å². The van der Waals surface area contributed by atoms with Crippen LogP contribution >= 0.6 is 11.6 Å². The van der Waals surface area contributed by atoms with Crippen molar-refractivity contribution in [2.75, 3.05) is 4.90 Å². The molecule has 0 bridgehead atoms. The third-order valence-corrected chi connectivity index (χ3v) is 4.01. The van der Waals surface area contributed by atoms with Crippen molar-refractivity contribution < 1.29 is 14.4 Å². The lowest BCUT2D eigenvalue weighted by Gasteiger charge is -2.25. The van der Waals surface area contributed by atoms with Crippen molar-refractivity contribution in [1.82, 2.24) is 15.3 Å². The summed E-state index contributed by atoms with van der Waals surface area (Å²) in [6.45, 7) is 5.41. The van der Waals surface area contributed by atoms with Crippen molar-refractivity contribution in [3.05, 3.63) is 53.1 Å². The molecule has 1 unspecified atom stereocenters. The van der Waals surface area contributed by atoms with E-state index in [1.807, 2.05) is 0 Å². The van der Waals surface area contributed by atoms with Crippen molar-refractivity contribution >= 4 is 35.0 Å². The van der Waals surface area contributed by atoms with Gasteiger partial charge in [0.2, 0.25) is 0 Å². The predicted octanol–water partition coefficient (Wildman–Crippen LogP) is 2.95. The standard InChI is InChI=1S/C18H17ClN4O3/c1-18(2,3)22-17(26)23-13-5-4-10(19)8-11(13)14(16(23)25)15(24)12-9-20-6-7-21-12/h4-9,14H,1-3H3,(H,22,26). The molecule has 134 valence electrons. The Labute approximate surface area is 155 Å². The molecule has 7 nitrogen and oxygen atoms in total. The summed E-state index contributed by atoms with van der Waals surface area (Å²) in [5.74, 6) is -2.36. The highest BCUT2D eigenvalue weighted by Crippen LogP contribution is 2.40. The van der Waals surface area contributed by atoms with Gasteiger partial charge in [-0.2, -0.15) is 0 Å². The second-order valence-electron chi connectivity index (χ2n) is 6.94. The molecule has 3 rings (SSSR count). The zero-order valence-electron chi connectivity index (χ0n) is 14.5. The molecule has 2 aromatic rings. The van der Waals surface area contributed by atoms with E-state index < -0.39 is 29.2 Å². The summed E-state index contributed by atoms with van der Waals surface area (Å²) in [5.41, 5.74) is 0.220. The highest BCUT2D eigenvalue weighted by atomic mass is 35.5. The number of hydrogen-bond donors (Lipinski definition) is 1. The summed E-state index contributed by atoms with van der Waals surface area (Å²) in [5, 5.41) is 3.11. The van der Waals surface area contributed by atoms with Crippen LogP contribution in [0.5, 0.6) is 0 Å². The van der Waals surface area contributed by atoms with Gasteiger partial charge in [-0.15, -0.1) is 0 Å². The van der Waals surface area contributed by atoms with Gasteiger partial charge >= 0.3 is 6.03 Å². The van der Waals surface area contributed by atoms with E-state index in [9.17, 15) is 14.4 Å². The monoisotopic (exact) mass is 372 g/mol. The molecule has 8 heteroatoms. The van der Waals surface area contributed by atoms with Crippen LogP contribution in [0.1, 0.15) is 42.7 Å². The second-order valence-corrected chi connectivity index (χ2v) is 7.38. The van der Waals surface area contributed by atoms with E-state index in [1.165, 1.54) is 24.7 Å². The third-order valence-electron chi connectivity index (χ3n) is 3.77. The Morgan fingerprint density at radius 3 is 2.58 bits per heavy atom. The summed E-state index contributed by atoms with van der Waals surface area (Å²) in [7, 11) is 0. The molecule has 0 radical (unpaired) electrons. The fourth-order valence-electron chi connectivity index (χ4n) is 2.75. The van der Waals surface area contributed by atoms with Crippen LogP contribution in [0.15, 0.2) is 36.8 Å². The normalized spacial score (nSPS) is 16.4. The average Bonchev–Trinajstić information content (AvgIpc) is 2.84. The van der Waals surface area contributed by atoms with Gasteiger partial charge in [0, 0.05) is 23.0 Å². The number of carbonyl (C=O) groups is 3. The molecule has 1 aliphatic rings. The molecule has 1 aromatic heterocycles. The van der Waals surface area contributed by atoms with Crippen molar-refractivity contribution in [1.29, 1.82) is 0 Å². The predicted molar refractivity (Wildman–Crippen MR) is 96.3 cm³/mol. The lowest BCUT2D eigenvalue weighted by atomic mass is 9.94. The first-order chi connectivity index (χ1) is 12.2. The Bertz CT molecular complexity index is 893. The first-order valence-corrected chi connectivity index (χ1v) is 8.32. The SMILES string of the molecule is CC(C)(C)NC(=O)N1C(=O)C(C(=O)c2cnccn2)c2cc(Cl)ccc21. The maximum atomic E-state index is 13.0. The summed E-state index contributed by atoms with van der Waals surface area (Å²) < 4.78 is 0. The number of imide groups is 1. The van der Waals surface area contributed by atoms with Crippen LogP contribution in [-0.2, 0) is 4.79 Å². The number of hydrogen-bond acceptors (Lipinski definition) is 5. The van der Waals surface area contributed by atoms with Gasteiger partial charge in [0.25, 0.3) is 5.91 Å². The number of rotatable bonds is 2. The highest BCUT2D eigenvalue weighted by Gasteiger charge is 2.46. The number of halogens is 1. The van der Waals surface area contributed by atoms with Crippen LogP contribution in [0.2, 0.25) is 5.02 Å². The van der Waals surface area contributed by atoms with E-state index in [1.54, 1.807) is 32.9 Å². The number of urea groups is 1. The molecule has 0 spiro atoms. The third kappa shape index (κ3) is 3.30. The van der Waals surface area contributed by atoms with Gasteiger partial charge in [0.15, 0.2) is 5.78 Å². The minimum absolute atomic E-state index is 0.0508. The Kier molecular flexibility index (Phi) is 4.50. The van der Waals surface area contributed by atoms with Crippen LogP contribution < -0.4 is 10.2 Å². The number of nitrogens with zero attached hydrogens (tertiary/aromatic N) is 3. The Morgan fingerprint density at radius 1 is 1.23 bits per heavy atom. The number of nitrogens with one attached hydrogen (secondary N) is 1. The van der Waals surface area contributed by atoms with Crippen molar-refractivity contribution in [2.24, 2.45) is 0 Å². The summed E-state index contributed by atoms with van der Waals surface area (Å²) >= 11 is 6.05. The quantitative estimate of drug-likeness (QED) is 0.646. The molecule has 26 heavy (non-hydrogen) atoms. The number of aromatic nitrogens is 2. The Hall–Kier alpha value is -2.80. The highest BCUT2D eigenvalue weighted by molar-refractivity contribution is 6.33. The lowest BCUT2D eigenvalue weighted by molar-refractivity contribution is -0.117. The van der Waals surface area contributed by atoms with E-state index in [0.717, 1.165) is 4.90 Å². The van der Waals surface area contributed by atoms with Gasteiger partial charge < -0.3 is 5.32 Å². The second kappa shape index (κ2) is 6.49. The first kappa shape index (κ1) is 18.0. The zero-order chi connectivity index (χ0) is 19.1. The number of benzene rings is 1. The Balaban J connectivity index is 2.05. The molecule has 1 N–H and O–H groups in total. The molecule has 1 atom stereocenters. The number of Topliss-reactive ketones (excluding diaryl/α,β-unsaturated/α-hetero) is 1. The number of amides is 3. The van der Waals surface area contributed by atoms with Gasteiger partial charge in [-0.1, -0.05) is 11.6 Å². The minimum atomic E-state index is -1.19. The smallest absolute Gasteiger partial charge is 0.329 e. The molecule has 3 amide bonds. The van der Waals surface area contributed by atoms with Crippen LogP contribution in [-0.4, -0.2) is 33.2 Å². The zero-order valence-corrected chi connectivity index (χ0v) is 15.2. The van der Waals surface area contributed by atoms with Gasteiger partial charge in [-0.3, -0.25) is 14.6 Å². The minimum Gasteiger partial charge on any atom is -0.333 e. The van der Waals surface area contributed by atoms with E-state index in [4.69, 9.17) is 11.6 Å². The van der Waals surface area contributed by atoms with E-state index in [-0.39, 0.29) is 5.69 Å². The van der Waals surface area contributed by atoms with Crippen LogP contribution in [0.25, 0.3) is 0 Å². The maximum absolute atomic E-state index is 13.0. The fraction of sp³-hybridized carbons (Fsp3) is 0.278. The van der Waals surface area contributed by atoms with E-state index in [0.29, 0.717) is 16.3 Å². The van der Waals surface area contributed by atoms with E-state index in [2.05, 4.69) is 15.3 Å². The van der Waals surface area contributed by atoms with Crippen LogP contribution in [0.3, 0.4) is 0 Å². The molecule has 0 aliphatic carbocycles. The van der Waals surface area contributed by atoms with Crippen LogP contribution in [0, 0.1) is 0 Å². The topological polar surface area (TPSA) is 92.3 Å². The number of fused-ring (bicyclic) bond motifs is 1. The largest absolute Gasteiger partial charge is 0.333 e. The molecular weight excluding hydrogens is 356 g/mol. The summed E-state index contributed by atoms with van der Waals surface area (Å²) in [4.78, 5) is 47.3. The molecule has 0 saturated carbocycles. The Morgan fingerprint density at radius 2 is 1.96 bits per heavy atom. The average molecular weight is 373 g/mol.